The van der Waals surface area contributed by atoms with Gasteiger partial charge in [-0.3, -0.25) is 9.48 Å². The summed E-state index contributed by atoms with van der Waals surface area (Å²) in [4.78, 5) is 24.8. The molecule has 3 aromatic heterocycles. The molecule has 0 radical (unpaired) electrons. The molecule has 1 amide bonds. The fourth-order valence-electron chi connectivity index (χ4n) is 2.83. The van der Waals surface area contributed by atoms with Crippen molar-refractivity contribution in [2.24, 2.45) is 7.05 Å². The number of hydrogen-bond donors (Lipinski definition) is 0. The van der Waals surface area contributed by atoms with Gasteiger partial charge in [0, 0.05) is 38.1 Å². The van der Waals surface area contributed by atoms with E-state index in [2.05, 4.69) is 20.2 Å². The zero-order chi connectivity index (χ0) is 17.4. The van der Waals surface area contributed by atoms with E-state index in [1.165, 1.54) is 0 Å². The van der Waals surface area contributed by atoms with E-state index in [0.717, 1.165) is 11.3 Å². The standard InChI is InChI=1S/C16H17N7O2/c1-11-19-16(25-20-11)12-3-4-17-14(7-12)22-5-6-23(15(24)10-22)13-8-18-21(2)9-13/h3-4,7-9H,5-6,10H2,1-2H3. The molecule has 1 fully saturated rings. The monoisotopic (exact) mass is 339 g/mol. The number of carbonyl (C=O) groups is 1. The summed E-state index contributed by atoms with van der Waals surface area (Å²) in [5.41, 5.74) is 1.60. The minimum Gasteiger partial charge on any atom is -0.345 e. The molecule has 4 rings (SSSR count). The number of nitrogens with zero attached hydrogens (tertiary/aromatic N) is 7. The van der Waals surface area contributed by atoms with E-state index in [1.807, 2.05) is 30.3 Å². The number of pyridine rings is 1. The summed E-state index contributed by atoms with van der Waals surface area (Å²) >= 11 is 0. The fraction of sp³-hybridized carbons (Fsp3) is 0.312. The first-order valence-corrected chi connectivity index (χ1v) is 7.91. The van der Waals surface area contributed by atoms with Gasteiger partial charge in [0.2, 0.25) is 5.91 Å². The van der Waals surface area contributed by atoms with Gasteiger partial charge in [0.1, 0.15) is 5.82 Å². The first-order chi connectivity index (χ1) is 12.1. The third-order valence-electron chi connectivity index (χ3n) is 4.07. The second-order valence-electron chi connectivity index (χ2n) is 5.89. The highest BCUT2D eigenvalue weighted by atomic mass is 16.5. The van der Waals surface area contributed by atoms with E-state index in [9.17, 15) is 4.79 Å². The molecule has 25 heavy (non-hydrogen) atoms. The number of hydrogen-bond acceptors (Lipinski definition) is 7. The minimum atomic E-state index is 0.0140. The second kappa shape index (κ2) is 6.00. The van der Waals surface area contributed by atoms with Gasteiger partial charge in [0.25, 0.3) is 5.89 Å². The Kier molecular flexibility index (Phi) is 3.68. The first-order valence-electron chi connectivity index (χ1n) is 7.91. The van der Waals surface area contributed by atoms with E-state index < -0.39 is 0 Å². The molecule has 0 saturated carbocycles. The van der Waals surface area contributed by atoms with Crippen LogP contribution in [0.15, 0.2) is 35.2 Å². The van der Waals surface area contributed by atoms with Gasteiger partial charge in [0.15, 0.2) is 5.82 Å². The van der Waals surface area contributed by atoms with Gasteiger partial charge in [-0.05, 0) is 19.1 Å². The van der Waals surface area contributed by atoms with E-state index in [-0.39, 0.29) is 12.5 Å². The fourth-order valence-corrected chi connectivity index (χ4v) is 2.83. The Morgan fingerprint density at radius 2 is 2.16 bits per heavy atom. The predicted molar refractivity (Wildman–Crippen MR) is 90.0 cm³/mol. The smallest absolute Gasteiger partial charge is 0.258 e. The Morgan fingerprint density at radius 1 is 1.28 bits per heavy atom. The second-order valence-corrected chi connectivity index (χ2v) is 5.89. The molecule has 9 nitrogen and oxygen atoms in total. The average Bonchev–Trinajstić information content (AvgIpc) is 3.23. The number of rotatable bonds is 3. The molecular formula is C16H17N7O2. The van der Waals surface area contributed by atoms with Gasteiger partial charge in [0.05, 0.1) is 18.4 Å². The van der Waals surface area contributed by atoms with Crippen LogP contribution in [0.5, 0.6) is 0 Å². The topological polar surface area (TPSA) is 93.2 Å². The van der Waals surface area contributed by atoms with Crippen molar-refractivity contribution in [2.45, 2.75) is 6.92 Å². The first kappa shape index (κ1) is 15.3. The van der Waals surface area contributed by atoms with Crippen LogP contribution in [0.1, 0.15) is 5.82 Å². The summed E-state index contributed by atoms with van der Waals surface area (Å²) < 4.78 is 6.89. The van der Waals surface area contributed by atoms with Crippen LogP contribution < -0.4 is 9.80 Å². The largest absolute Gasteiger partial charge is 0.345 e. The van der Waals surface area contributed by atoms with Crippen LogP contribution in [0.2, 0.25) is 0 Å². The Balaban J connectivity index is 1.53. The molecule has 1 saturated heterocycles. The van der Waals surface area contributed by atoms with Crippen molar-refractivity contribution in [3.63, 3.8) is 0 Å². The van der Waals surface area contributed by atoms with Crippen molar-refractivity contribution < 1.29 is 9.32 Å². The molecule has 1 aliphatic rings. The van der Waals surface area contributed by atoms with E-state index in [1.54, 1.807) is 28.9 Å². The Labute approximate surface area is 143 Å². The highest BCUT2D eigenvalue weighted by molar-refractivity contribution is 5.97. The number of carbonyl (C=O) groups excluding carboxylic acids is 1. The molecule has 128 valence electrons. The zero-order valence-corrected chi connectivity index (χ0v) is 14.0. The summed E-state index contributed by atoms with van der Waals surface area (Å²) in [6.45, 7) is 3.29. The van der Waals surface area contributed by atoms with E-state index in [0.29, 0.717) is 30.6 Å². The van der Waals surface area contributed by atoms with Gasteiger partial charge in [-0.25, -0.2) is 4.98 Å². The molecule has 3 aromatic rings. The van der Waals surface area contributed by atoms with Gasteiger partial charge in [-0.1, -0.05) is 5.16 Å². The van der Waals surface area contributed by atoms with Crippen LogP contribution in [0.25, 0.3) is 11.5 Å². The van der Waals surface area contributed by atoms with Crippen LogP contribution in [0.3, 0.4) is 0 Å². The summed E-state index contributed by atoms with van der Waals surface area (Å²) in [7, 11) is 1.83. The predicted octanol–water partition coefficient (Wildman–Crippen LogP) is 1.03. The summed E-state index contributed by atoms with van der Waals surface area (Å²) in [6, 6.07) is 3.67. The molecule has 0 aromatic carbocycles. The molecule has 0 aliphatic carbocycles. The van der Waals surface area contributed by atoms with Crippen molar-refractivity contribution in [1.82, 2.24) is 24.9 Å². The third-order valence-corrected chi connectivity index (χ3v) is 4.07. The lowest BCUT2D eigenvalue weighted by molar-refractivity contribution is -0.117. The average molecular weight is 339 g/mol. The highest BCUT2D eigenvalue weighted by Crippen LogP contribution is 2.24. The maximum Gasteiger partial charge on any atom is 0.258 e. The third kappa shape index (κ3) is 2.95. The maximum atomic E-state index is 12.5. The lowest BCUT2D eigenvalue weighted by Gasteiger charge is -2.34. The molecule has 0 N–H and O–H groups in total. The van der Waals surface area contributed by atoms with Gasteiger partial charge >= 0.3 is 0 Å². The SMILES string of the molecule is Cc1noc(-c2ccnc(N3CCN(c4cnn(C)c4)C(=O)C3)c2)n1. The lowest BCUT2D eigenvalue weighted by atomic mass is 10.2. The van der Waals surface area contributed by atoms with Crippen LogP contribution >= 0.6 is 0 Å². The Morgan fingerprint density at radius 3 is 2.84 bits per heavy atom. The number of amides is 1. The number of anilines is 2. The summed E-state index contributed by atoms with van der Waals surface area (Å²) in [5.74, 6) is 1.75. The van der Waals surface area contributed by atoms with Crippen molar-refractivity contribution in [1.29, 1.82) is 0 Å². The summed E-state index contributed by atoms with van der Waals surface area (Å²) in [5, 5.41) is 7.93. The Hall–Kier alpha value is -3.23. The van der Waals surface area contributed by atoms with Crippen molar-refractivity contribution in [2.75, 3.05) is 29.4 Å². The normalized spacial score (nSPS) is 15.0. The molecule has 9 heteroatoms. The van der Waals surface area contributed by atoms with Crippen LogP contribution in [0.4, 0.5) is 11.5 Å². The van der Waals surface area contributed by atoms with Crippen LogP contribution in [-0.4, -0.2) is 50.4 Å². The molecule has 0 spiro atoms. The minimum absolute atomic E-state index is 0.0140. The van der Waals surface area contributed by atoms with E-state index >= 15 is 0 Å². The summed E-state index contributed by atoms with van der Waals surface area (Å²) in [6.07, 6.45) is 5.22. The van der Waals surface area contributed by atoms with E-state index in [4.69, 9.17) is 4.52 Å². The quantitative estimate of drug-likeness (QED) is 0.703. The van der Waals surface area contributed by atoms with Gasteiger partial charge in [-0.15, -0.1) is 0 Å². The molecule has 0 unspecified atom stereocenters. The molecule has 0 atom stereocenters. The molecule has 4 heterocycles. The lowest BCUT2D eigenvalue weighted by Crippen LogP contribution is -2.50. The van der Waals surface area contributed by atoms with Crippen LogP contribution in [-0.2, 0) is 11.8 Å². The Bertz CT molecular complexity index is 917. The van der Waals surface area contributed by atoms with Crippen molar-refractivity contribution >= 4 is 17.4 Å². The number of aryl methyl sites for hydroxylation is 2. The highest BCUT2D eigenvalue weighted by Gasteiger charge is 2.27. The maximum absolute atomic E-state index is 12.5. The zero-order valence-electron chi connectivity index (χ0n) is 14.0. The van der Waals surface area contributed by atoms with Gasteiger partial charge in [-0.2, -0.15) is 10.1 Å². The van der Waals surface area contributed by atoms with Crippen LogP contribution in [0, 0.1) is 6.92 Å². The number of aromatic nitrogens is 5. The van der Waals surface area contributed by atoms with Crippen molar-refractivity contribution in [3.05, 3.63) is 36.5 Å². The number of piperazine rings is 1. The molecular weight excluding hydrogens is 322 g/mol. The van der Waals surface area contributed by atoms with Crippen molar-refractivity contribution in [3.8, 4) is 11.5 Å². The molecule has 0 bridgehead atoms. The molecule has 1 aliphatic heterocycles. The van der Waals surface area contributed by atoms with Gasteiger partial charge < -0.3 is 14.3 Å².